The number of carbonyl (C=O) groups excluding carboxylic acids is 1. The van der Waals surface area contributed by atoms with Crippen LogP contribution in [-0.4, -0.2) is 38.1 Å². The van der Waals surface area contributed by atoms with Crippen LogP contribution in [0.2, 0.25) is 0 Å². The summed E-state index contributed by atoms with van der Waals surface area (Å²) >= 11 is 2.89. The summed E-state index contributed by atoms with van der Waals surface area (Å²) in [7, 11) is 4.48. The van der Waals surface area contributed by atoms with E-state index in [1.54, 1.807) is 55.7 Å². The Hall–Kier alpha value is -3.30. The molecule has 4 rings (SSSR count). The molecule has 3 aromatic rings. The van der Waals surface area contributed by atoms with Gasteiger partial charge in [-0.05, 0) is 49.1 Å². The maximum atomic E-state index is 13.6. The highest BCUT2D eigenvalue weighted by molar-refractivity contribution is 7.98. The van der Waals surface area contributed by atoms with Gasteiger partial charge in [-0.15, -0.1) is 11.8 Å². The van der Waals surface area contributed by atoms with Gasteiger partial charge in [0.15, 0.2) is 4.80 Å². The molecule has 0 aliphatic carbocycles. The first-order valence-electron chi connectivity index (χ1n) is 10.4. The summed E-state index contributed by atoms with van der Waals surface area (Å²) in [6, 6.07) is 12.6. The Bertz CT molecular complexity index is 1450. The molecule has 2 heterocycles. The van der Waals surface area contributed by atoms with Crippen LogP contribution in [-0.2, 0) is 9.53 Å². The molecule has 9 heteroatoms. The first-order chi connectivity index (χ1) is 16.4. The first-order valence-corrected chi connectivity index (χ1v) is 12.4. The second-order valence-corrected chi connectivity index (χ2v) is 9.34. The normalized spacial score (nSPS) is 15.6. The number of thioether (sulfide) groups is 1. The van der Waals surface area contributed by atoms with E-state index >= 15 is 0 Å². The van der Waals surface area contributed by atoms with Gasteiger partial charge in [-0.2, -0.15) is 0 Å². The van der Waals surface area contributed by atoms with Crippen LogP contribution in [0.4, 0.5) is 0 Å². The van der Waals surface area contributed by atoms with Crippen molar-refractivity contribution in [2.45, 2.75) is 17.9 Å². The summed E-state index contributed by atoms with van der Waals surface area (Å²) in [5.74, 6) is 0.731. The zero-order valence-corrected chi connectivity index (χ0v) is 21.1. The molecule has 1 atom stereocenters. The monoisotopic (exact) mass is 496 g/mol. The van der Waals surface area contributed by atoms with Crippen molar-refractivity contribution in [2.75, 3.05) is 27.6 Å². The topological polar surface area (TPSA) is 79.1 Å². The quantitative estimate of drug-likeness (QED) is 0.385. The van der Waals surface area contributed by atoms with Crippen molar-refractivity contribution in [1.82, 2.24) is 4.57 Å². The van der Waals surface area contributed by atoms with E-state index in [0.717, 1.165) is 16.0 Å². The Morgan fingerprint density at radius 1 is 1.12 bits per heavy atom. The minimum Gasteiger partial charge on any atom is -0.497 e. The van der Waals surface area contributed by atoms with E-state index in [1.807, 2.05) is 36.6 Å². The molecule has 0 fully saturated rings. The molecular weight excluding hydrogens is 472 g/mol. The number of esters is 1. The summed E-state index contributed by atoms with van der Waals surface area (Å²) in [6.07, 6.45) is 3.77. The van der Waals surface area contributed by atoms with Gasteiger partial charge in [0.1, 0.15) is 11.5 Å². The van der Waals surface area contributed by atoms with Crippen LogP contribution < -0.4 is 24.4 Å². The van der Waals surface area contributed by atoms with Crippen LogP contribution in [0.1, 0.15) is 24.1 Å². The molecule has 7 nitrogen and oxygen atoms in total. The second-order valence-electron chi connectivity index (χ2n) is 7.45. The average molecular weight is 497 g/mol. The molecule has 34 heavy (non-hydrogen) atoms. The largest absolute Gasteiger partial charge is 0.497 e. The van der Waals surface area contributed by atoms with E-state index < -0.39 is 12.0 Å². The van der Waals surface area contributed by atoms with Crippen LogP contribution in [0.5, 0.6) is 11.5 Å². The number of carbonyl (C=O) groups is 1. The number of rotatable bonds is 6. The van der Waals surface area contributed by atoms with Gasteiger partial charge in [0.25, 0.3) is 5.56 Å². The van der Waals surface area contributed by atoms with Gasteiger partial charge in [0.2, 0.25) is 0 Å². The highest BCUT2D eigenvalue weighted by atomic mass is 32.2. The first kappa shape index (κ1) is 23.8. The lowest BCUT2D eigenvalue weighted by molar-refractivity contribution is -0.136. The Labute approximate surface area is 205 Å². The predicted octanol–water partition coefficient (Wildman–Crippen LogP) is 3.15. The molecule has 0 N–H and O–H groups in total. The summed E-state index contributed by atoms with van der Waals surface area (Å²) < 4.78 is 17.9. The van der Waals surface area contributed by atoms with Gasteiger partial charge in [-0.1, -0.05) is 23.5 Å². The van der Waals surface area contributed by atoms with E-state index in [9.17, 15) is 9.59 Å². The van der Waals surface area contributed by atoms with Gasteiger partial charge in [-0.3, -0.25) is 9.36 Å². The molecule has 0 bridgehead atoms. The average Bonchev–Trinajstić information content (AvgIpc) is 3.17. The maximum absolute atomic E-state index is 13.6. The molecule has 176 valence electrons. The molecule has 0 saturated heterocycles. The number of thiazole rings is 1. The van der Waals surface area contributed by atoms with E-state index in [2.05, 4.69) is 4.99 Å². The van der Waals surface area contributed by atoms with Gasteiger partial charge in [0.05, 0.1) is 43.2 Å². The molecule has 0 saturated carbocycles. The van der Waals surface area contributed by atoms with E-state index in [4.69, 9.17) is 14.2 Å². The number of methoxy groups -OCH3 is 3. The SMILES string of the molecule is COC(=O)C1=C(C)N=c2sc(=Cc3ccc(OC)cc3OC)c(=O)n2C1c1ccc(SC)cc1. The Morgan fingerprint density at radius 2 is 1.85 bits per heavy atom. The third-order valence-electron chi connectivity index (χ3n) is 5.59. The van der Waals surface area contributed by atoms with Crippen molar-refractivity contribution in [3.8, 4) is 11.5 Å². The number of hydrogen-bond acceptors (Lipinski definition) is 8. The molecule has 2 aromatic carbocycles. The van der Waals surface area contributed by atoms with Gasteiger partial charge in [0, 0.05) is 16.5 Å². The van der Waals surface area contributed by atoms with Crippen LogP contribution in [0.3, 0.4) is 0 Å². The number of aromatic nitrogens is 1. The fraction of sp³-hybridized carbons (Fsp3) is 0.240. The van der Waals surface area contributed by atoms with Crippen LogP contribution >= 0.6 is 23.1 Å². The van der Waals surface area contributed by atoms with Crippen molar-refractivity contribution in [1.29, 1.82) is 0 Å². The van der Waals surface area contributed by atoms with Crippen LogP contribution in [0.25, 0.3) is 6.08 Å². The van der Waals surface area contributed by atoms with Gasteiger partial charge in [-0.25, -0.2) is 9.79 Å². The fourth-order valence-electron chi connectivity index (χ4n) is 3.87. The van der Waals surface area contributed by atoms with Crippen molar-refractivity contribution >= 4 is 35.1 Å². The number of fused-ring (bicyclic) bond motifs is 1. The number of benzene rings is 2. The van der Waals surface area contributed by atoms with E-state index in [1.165, 1.54) is 18.4 Å². The summed E-state index contributed by atoms with van der Waals surface area (Å²) in [5.41, 5.74) is 2.18. The van der Waals surface area contributed by atoms with E-state index in [0.29, 0.717) is 32.1 Å². The molecule has 1 aromatic heterocycles. The van der Waals surface area contributed by atoms with Gasteiger partial charge >= 0.3 is 5.97 Å². The summed E-state index contributed by atoms with van der Waals surface area (Å²) in [5, 5.41) is 0. The smallest absolute Gasteiger partial charge is 0.338 e. The second kappa shape index (κ2) is 9.90. The lowest BCUT2D eigenvalue weighted by Gasteiger charge is -2.24. The molecule has 1 aliphatic heterocycles. The minimum absolute atomic E-state index is 0.241. The van der Waals surface area contributed by atoms with E-state index in [-0.39, 0.29) is 5.56 Å². The Morgan fingerprint density at radius 3 is 2.47 bits per heavy atom. The highest BCUT2D eigenvalue weighted by Crippen LogP contribution is 2.31. The number of allylic oxidation sites excluding steroid dienone is 1. The summed E-state index contributed by atoms with van der Waals surface area (Å²) in [6.45, 7) is 1.76. The van der Waals surface area contributed by atoms with Crippen LogP contribution in [0, 0.1) is 0 Å². The number of ether oxygens (including phenoxy) is 3. The Kier molecular flexibility index (Phi) is 6.95. The lowest BCUT2D eigenvalue weighted by atomic mass is 9.96. The Balaban J connectivity index is 1.94. The third-order valence-corrected chi connectivity index (χ3v) is 7.31. The highest BCUT2D eigenvalue weighted by Gasteiger charge is 2.33. The predicted molar refractivity (Wildman–Crippen MR) is 134 cm³/mol. The van der Waals surface area contributed by atoms with Crippen LogP contribution in [0.15, 0.2) is 68.4 Å². The van der Waals surface area contributed by atoms with Crippen molar-refractivity contribution in [2.24, 2.45) is 4.99 Å². The zero-order valence-electron chi connectivity index (χ0n) is 19.4. The minimum atomic E-state index is -0.639. The molecule has 0 amide bonds. The molecule has 0 spiro atoms. The molecule has 0 radical (unpaired) electrons. The standard InChI is InChI=1S/C25H24N2O5S2/c1-14-21(24(29)32-4)22(15-7-10-18(33-5)11-8-15)27-23(28)20(34-25(27)26-14)12-16-6-9-17(30-2)13-19(16)31-3/h6-13,22H,1-5H3. The van der Waals surface area contributed by atoms with Gasteiger partial charge < -0.3 is 14.2 Å². The molecule has 1 unspecified atom stereocenters. The third kappa shape index (κ3) is 4.28. The maximum Gasteiger partial charge on any atom is 0.338 e. The number of hydrogen-bond donors (Lipinski definition) is 0. The fourth-order valence-corrected chi connectivity index (χ4v) is 5.32. The lowest BCUT2D eigenvalue weighted by Crippen LogP contribution is -2.39. The van der Waals surface area contributed by atoms with Crippen molar-refractivity contribution < 1.29 is 19.0 Å². The number of nitrogens with zero attached hydrogens (tertiary/aromatic N) is 2. The molecule has 1 aliphatic rings. The molecular formula is C25H24N2O5S2. The zero-order chi connectivity index (χ0) is 24.4. The summed E-state index contributed by atoms with van der Waals surface area (Å²) in [4.78, 5) is 32.6. The van der Waals surface area contributed by atoms with Crippen molar-refractivity contribution in [3.05, 3.63) is 84.5 Å². The van der Waals surface area contributed by atoms with Crippen molar-refractivity contribution in [3.63, 3.8) is 0 Å².